The van der Waals surface area contributed by atoms with Crippen molar-refractivity contribution in [2.24, 2.45) is 0 Å². The number of nitrogens with zero attached hydrogens (tertiary/aromatic N) is 4. The Kier molecular flexibility index (Phi) is 4.61. The van der Waals surface area contributed by atoms with Gasteiger partial charge in [0.05, 0.1) is 17.9 Å². The molecule has 1 aromatic carbocycles. The van der Waals surface area contributed by atoms with E-state index in [-0.39, 0.29) is 11.6 Å². The number of benzene rings is 1. The second-order valence-corrected chi connectivity index (χ2v) is 5.46. The van der Waals surface area contributed by atoms with E-state index in [1.165, 1.54) is 6.07 Å². The maximum Gasteiger partial charge on any atom is 0.317 e. The Balaban J connectivity index is 1.57. The van der Waals surface area contributed by atoms with Crippen LogP contribution in [-0.4, -0.2) is 47.3 Å². The predicted octanol–water partition coefficient (Wildman–Crippen LogP) is 1.45. The monoisotopic (exact) mass is 328 g/mol. The molecule has 124 valence electrons. The van der Waals surface area contributed by atoms with Gasteiger partial charge in [-0.1, -0.05) is 6.07 Å². The molecule has 24 heavy (non-hydrogen) atoms. The molecule has 0 radical (unpaired) electrons. The molecule has 1 aromatic heterocycles. The Morgan fingerprint density at radius 1 is 1.33 bits per heavy atom. The van der Waals surface area contributed by atoms with Gasteiger partial charge in [-0.05, 0) is 18.2 Å². The van der Waals surface area contributed by atoms with Crippen LogP contribution in [0.3, 0.4) is 0 Å². The minimum Gasteiger partial charge on any atom is -0.367 e. The molecule has 7 nitrogen and oxygen atoms in total. The molecule has 2 N–H and O–H groups in total. The molecular weight excluding hydrogens is 311 g/mol. The van der Waals surface area contributed by atoms with Gasteiger partial charge < -0.3 is 15.1 Å². The van der Waals surface area contributed by atoms with Gasteiger partial charge in [-0.3, -0.25) is 5.10 Å². The highest BCUT2D eigenvalue weighted by molar-refractivity contribution is 5.74. The minimum atomic E-state index is -0.519. The first-order valence-corrected chi connectivity index (χ1v) is 7.63. The zero-order chi connectivity index (χ0) is 16.9. The molecule has 1 saturated heterocycles. The van der Waals surface area contributed by atoms with E-state index in [2.05, 4.69) is 15.5 Å². The zero-order valence-corrected chi connectivity index (χ0v) is 13.0. The molecule has 2 heterocycles. The van der Waals surface area contributed by atoms with Gasteiger partial charge in [0, 0.05) is 32.4 Å². The molecule has 2 amide bonds. The Labute approximate surface area is 138 Å². The summed E-state index contributed by atoms with van der Waals surface area (Å²) in [6.45, 7) is 2.51. The molecule has 2 aromatic rings. The highest BCUT2D eigenvalue weighted by Crippen LogP contribution is 2.23. The highest BCUT2D eigenvalue weighted by atomic mass is 19.1. The molecular formula is C16H17FN6O. The van der Waals surface area contributed by atoms with Crippen LogP contribution in [0.1, 0.15) is 11.3 Å². The number of carbonyl (C=O) groups excluding carboxylic acids is 1. The van der Waals surface area contributed by atoms with Gasteiger partial charge >= 0.3 is 6.03 Å². The second-order valence-electron chi connectivity index (χ2n) is 5.46. The maximum atomic E-state index is 13.7. The van der Waals surface area contributed by atoms with Gasteiger partial charge in [0.15, 0.2) is 0 Å². The number of rotatable bonds is 3. The van der Waals surface area contributed by atoms with Crippen molar-refractivity contribution in [2.75, 3.05) is 31.1 Å². The smallest absolute Gasteiger partial charge is 0.317 e. The van der Waals surface area contributed by atoms with Crippen LogP contribution in [0.5, 0.6) is 0 Å². The van der Waals surface area contributed by atoms with Crippen LogP contribution in [-0.2, 0) is 6.54 Å². The Morgan fingerprint density at radius 3 is 2.79 bits per heavy atom. The predicted molar refractivity (Wildman–Crippen MR) is 85.7 cm³/mol. The molecule has 1 aliphatic rings. The first kappa shape index (κ1) is 15.8. The largest absolute Gasteiger partial charge is 0.367 e. The fourth-order valence-electron chi connectivity index (χ4n) is 2.70. The highest BCUT2D eigenvalue weighted by Gasteiger charge is 2.23. The number of nitrogens with one attached hydrogen (secondary N) is 2. The van der Waals surface area contributed by atoms with Crippen LogP contribution >= 0.6 is 0 Å². The summed E-state index contributed by atoms with van der Waals surface area (Å²) < 4.78 is 13.7. The van der Waals surface area contributed by atoms with Crippen molar-refractivity contribution in [1.29, 1.82) is 5.26 Å². The average molecular weight is 328 g/mol. The van der Waals surface area contributed by atoms with E-state index in [9.17, 15) is 9.18 Å². The SMILES string of the molecule is N#Cc1c(F)cccc1N1CCN(C(=O)NCc2ccn[nH]2)CC1. The third kappa shape index (κ3) is 3.30. The maximum absolute atomic E-state index is 13.7. The first-order valence-electron chi connectivity index (χ1n) is 7.63. The van der Waals surface area contributed by atoms with Gasteiger partial charge in [0.1, 0.15) is 17.4 Å². The van der Waals surface area contributed by atoms with Crippen LogP contribution in [0, 0.1) is 17.1 Å². The summed E-state index contributed by atoms with van der Waals surface area (Å²) in [6.07, 6.45) is 1.63. The third-order valence-corrected chi connectivity index (χ3v) is 4.00. The lowest BCUT2D eigenvalue weighted by Crippen LogP contribution is -2.51. The topological polar surface area (TPSA) is 88.1 Å². The molecule has 0 unspecified atom stereocenters. The van der Waals surface area contributed by atoms with Crippen LogP contribution in [0.15, 0.2) is 30.5 Å². The molecule has 3 rings (SSSR count). The number of hydrogen-bond acceptors (Lipinski definition) is 4. The number of anilines is 1. The van der Waals surface area contributed by atoms with Gasteiger partial charge in [-0.2, -0.15) is 10.4 Å². The van der Waals surface area contributed by atoms with Crippen molar-refractivity contribution >= 4 is 11.7 Å². The standard InChI is InChI=1S/C16H17FN6O/c17-14-2-1-3-15(13(14)10-18)22-6-8-23(9-7-22)16(24)19-11-12-4-5-20-21-12/h1-5H,6-9,11H2,(H,19,24)(H,20,21). The van der Waals surface area contributed by atoms with Crippen molar-refractivity contribution < 1.29 is 9.18 Å². The number of H-pyrrole nitrogens is 1. The molecule has 0 saturated carbocycles. The lowest BCUT2D eigenvalue weighted by Gasteiger charge is -2.36. The van der Waals surface area contributed by atoms with Crippen molar-refractivity contribution in [3.63, 3.8) is 0 Å². The Bertz CT molecular complexity index is 746. The number of aromatic nitrogens is 2. The first-order chi connectivity index (χ1) is 11.7. The lowest BCUT2D eigenvalue weighted by molar-refractivity contribution is 0.194. The van der Waals surface area contributed by atoms with Crippen molar-refractivity contribution in [3.05, 3.63) is 47.5 Å². The number of urea groups is 1. The summed E-state index contributed by atoms with van der Waals surface area (Å²) in [5, 5.41) is 18.6. The van der Waals surface area contributed by atoms with E-state index >= 15 is 0 Å². The summed E-state index contributed by atoms with van der Waals surface area (Å²) >= 11 is 0. The minimum absolute atomic E-state index is 0.0506. The molecule has 0 aliphatic carbocycles. The number of amides is 2. The van der Waals surface area contributed by atoms with Gasteiger partial charge in [0.25, 0.3) is 0 Å². The fraction of sp³-hybridized carbons (Fsp3) is 0.312. The Morgan fingerprint density at radius 2 is 2.12 bits per heavy atom. The molecule has 8 heteroatoms. The summed E-state index contributed by atoms with van der Waals surface area (Å²) in [5.74, 6) is -0.519. The lowest BCUT2D eigenvalue weighted by atomic mass is 10.1. The van der Waals surface area contributed by atoms with Crippen LogP contribution in [0.4, 0.5) is 14.9 Å². The number of piperazine rings is 1. The van der Waals surface area contributed by atoms with Crippen molar-refractivity contribution in [1.82, 2.24) is 20.4 Å². The quantitative estimate of drug-likeness (QED) is 0.893. The van der Waals surface area contributed by atoms with Crippen LogP contribution in [0.25, 0.3) is 0 Å². The summed E-state index contributed by atoms with van der Waals surface area (Å²) in [5.41, 5.74) is 1.46. The number of hydrogen-bond donors (Lipinski definition) is 2. The van der Waals surface area contributed by atoms with Crippen molar-refractivity contribution in [2.45, 2.75) is 6.54 Å². The average Bonchev–Trinajstić information content (AvgIpc) is 3.13. The van der Waals surface area contributed by atoms with E-state index in [1.807, 2.05) is 11.0 Å². The number of carbonyl (C=O) groups is 1. The number of nitriles is 1. The Hall–Kier alpha value is -3.08. The van der Waals surface area contributed by atoms with Gasteiger partial charge in [-0.25, -0.2) is 9.18 Å². The molecule has 0 spiro atoms. The van der Waals surface area contributed by atoms with E-state index in [1.54, 1.807) is 29.3 Å². The number of halogens is 1. The molecule has 1 fully saturated rings. The normalized spacial score (nSPS) is 14.3. The van der Waals surface area contributed by atoms with Crippen LogP contribution in [0.2, 0.25) is 0 Å². The number of aromatic amines is 1. The van der Waals surface area contributed by atoms with E-state index < -0.39 is 5.82 Å². The molecule has 0 atom stereocenters. The fourth-order valence-corrected chi connectivity index (χ4v) is 2.70. The van der Waals surface area contributed by atoms with Gasteiger partial charge in [-0.15, -0.1) is 0 Å². The summed E-state index contributed by atoms with van der Waals surface area (Å²) in [4.78, 5) is 15.8. The van der Waals surface area contributed by atoms with E-state index in [0.717, 1.165) is 5.69 Å². The second kappa shape index (κ2) is 7.00. The summed E-state index contributed by atoms with van der Waals surface area (Å²) in [6, 6.07) is 8.16. The van der Waals surface area contributed by atoms with E-state index in [4.69, 9.17) is 5.26 Å². The summed E-state index contributed by atoms with van der Waals surface area (Å²) in [7, 11) is 0. The molecule has 0 bridgehead atoms. The molecule has 1 aliphatic heterocycles. The van der Waals surface area contributed by atoms with Crippen LogP contribution < -0.4 is 10.2 Å². The van der Waals surface area contributed by atoms with Gasteiger partial charge in [0.2, 0.25) is 0 Å². The van der Waals surface area contributed by atoms with Crippen molar-refractivity contribution in [3.8, 4) is 6.07 Å². The third-order valence-electron chi connectivity index (χ3n) is 4.00. The zero-order valence-electron chi connectivity index (χ0n) is 13.0. The van der Waals surface area contributed by atoms with E-state index in [0.29, 0.717) is 38.4 Å².